The molecule has 0 aliphatic heterocycles. The van der Waals surface area contributed by atoms with E-state index in [1.54, 1.807) is 5.57 Å². The third-order valence-electron chi connectivity index (χ3n) is 1.73. The van der Waals surface area contributed by atoms with Crippen LogP contribution in [0.2, 0.25) is 0 Å². The second-order valence-corrected chi connectivity index (χ2v) is 2.40. The number of hydrogen-bond acceptors (Lipinski definition) is 0. The second kappa shape index (κ2) is 5.28. The SMILES string of the molecule is CC.CC1=C(C)CCC=C1. The van der Waals surface area contributed by atoms with Gasteiger partial charge in [-0.2, -0.15) is 0 Å². The van der Waals surface area contributed by atoms with Crippen LogP contribution in [0.25, 0.3) is 0 Å². The van der Waals surface area contributed by atoms with Crippen molar-refractivity contribution < 1.29 is 0 Å². The van der Waals surface area contributed by atoms with Gasteiger partial charge in [-0.05, 0) is 26.7 Å². The maximum absolute atomic E-state index is 2.24. The molecule has 1 aliphatic rings. The molecule has 0 aromatic carbocycles. The molecule has 0 unspecified atom stereocenters. The van der Waals surface area contributed by atoms with Crippen molar-refractivity contribution in [2.24, 2.45) is 0 Å². The van der Waals surface area contributed by atoms with E-state index in [4.69, 9.17) is 0 Å². The standard InChI is InChI=1S/C8H12.C2H6/c1-7-5-3-4-6-8(7)2;1-2/h3,5H,4,6H2,1-2H3;1-2H3. The predicted octanol–water partition coefficient (Wildman–Crippen LogP) is 3.70. The van der Waals surface area contributed by atoms with Gasteiger partial charge in [-0.15, -0.1) is 0 Å². The molecule has 0 radical (unpaired) electrons. The zero-order chi connectivity index (χ0) is 7.98. The van der Waals surface area contributed by atoms with Gasteiger partial charge in [0.25, 0.3) is 0 Å². The maximum Gasteiger partial charge on any atom is -0.0282 e. The Kier molecular flexibility index (Phi) is 5.00. The Morgan fingerprint density at radius 2 is 1.80 bits per heavy atom. The van der Waals surface area contributed by atoms with E-state index >= 15 is 0 Å². The zero-order valence-electron chi connectivity index (χ0n) is 7.57. The lowest BCUT2D eigenvalue weighted by atomic mass is 10.0. The lowest BCUT2D eigenvalue weighted by molar-refractivity contribution is 0.939. The summed E-state index contributed by atoms with van der Waals surface area (Å²) in [6.07, 6.45) is 6.95. The van der Waals surface area contributed by atoms with Crippen LogP contribution in [0.3, 0.4) is 0 Å². The smallest absolute Gasteiger partial charge is 0.0282 e. The molecule has 0 saturated carbocycles. The summed E-state index contributed by atoms with van der Waals surface area (Å²) in [4.78, 5) is 0. The van der Waals surface area contributed by atoms with Crippen molar-refractivity contribution in [1.82, 2.24) is 0 Å². The largest absolute Gasteiger partial charge is 0.0840 e. The van der Waals surface area contributed by atoms with E-state index in [1.165, 1.54) is 18.4 Å². The quantitative estimate of drug-likeness (QED) is 0.479. The van der Waals surface area contributed by atoms with E-state index in [0.717, 1.165) is 0 Å². The average molecular weight is 138 g/mol. The monoisotopic (exact) mass is 138 g/mol. The van der Waals surface area contributed by atoms with E-state index in [1.807, 2.05) is 13.8 Å². The first kappa shape index (κ1) is 9.48. The van der Waals surface area contributed by atoms with Gasteiger partial charge < -0.3 is 0 Å². The Labute approximate surface area is 64.6 Å². The topological polar surface area (TPSA) is 0 Å². The summed E-state index contributed by atoms with van der Waals surface area (Å²) in [5, 5.41) is 0. The summed E-state index contributed by atoms with van der Waals surface area (Å²) in [7, 11) is 0. The van der Waals surface area contributed by atoms with Gasteiger partial charge in [-0.25, -0.2) is 0 Å². The Morgan fingerprint density at radius 3 is 2.10 bits per heavy atom. The lowest BCUT2D eigenvalue weighted by Crippen LogP contribution is -1.85. The molecule has 1 aliphatic carbocycles. The summed E-state index contributed by atoms with van der Waals surface area (Å²) in [6, 6.07) is 0. The molecule has 10 heavy (non-hydrogen) atoms. The number of rotatable bonds is 0. The van der Waals surface area contributed by atoms with Crippen LogP contribution in [0.5, 0.6) is 0 Å². The highest BCUT2D eigenvalue weighted by Crippen LogP contribution is 2.16. The Bertz CT molecular complexity index is 138. The molecule has 0 heterocycles. The van der Waals surface area contributed by atoms with Crippen LogP contribution in [0.4, 0.5) is 0 Å². The van der Waals surface area contributed by atoms with E-state index < -0.39 is 0 Å². The maximum atomic E-state index is 2.24. The van der Waals surface area contributed by atoms with Crippen molar-refractivity contribution >= 4 is 0 Å². The van der Waals surface area contributed by atoms with Crippen LogP contribution < -0.4 is 0 Å². The van der Waals surface area contributed by atoms with Crippen LogP contribution in [-0.2, 0) is 0 Å². The Morgan fingerprint density at radius 1 is 1.20 bits per heavy atom. The van der Waals surface area contributed by atoms with Gasteiger partial charge in [0.2, 0.25) is 0 Å². The average Bonchev–Trinajstić information content (AvgIpc) is 2.00. The molecule has 58 valence electrons. The van der Waals surface area contributed by atoms with Crippen LogP contribution in [0.15, 0.2) is 23.3 Å². The number of hydrogen-bond donors (Lipinski definition) is 0. The highest BCUT2D eigenvalue weighted by molar-refractivity contribution is 5.25. The van der Waals surface area contributed by atoms with Gasteiger partial charge in [-0.1, -0.05) is 37.1 Å². The summed E-state index contributed by atoms with van der Waals surface area (Å²) >= 11 is 0. The van der Waals surface area contributed by atoms with Gasteiger partial charge in [0, 0.05) is 0 Å². The van der Waals surface area contributed by atoms with Crippen molar-refractivity contribution in [3.05, 3.63) is 23.3 Å². The molecule has 0 amide bonds. The predicted molar refractivity (Wildman–Crippen MR) is 48.1 cm³/mol. The minimum absolute atomic E-state index is 1.24. The van der Waals surface area contributed by atoms with Crippen molar-refractivity contribution in [3.8, 4) is 0 Å². The van der Waals surface area contributed by atoms with E-state index in [9.17, 15) is 0 Å². The lowest BCUT2D eigenvalue weighted by Gasteiger charge is -2.06. The zero-order valence-corrected chi connectivity index (χ0v) is 7.57. The normalized spacial score (nSPS) is 16.4. The molecule has 0 atom stereocenters. The minimum Gasteiger partial charge on any atom is -0.0840 e. The van der Waals surface area contributed by atoms with E-state index in [2.05, 4.69) is 26.0 Å². The third-order valence-corrected chi connectivity index (χ3v) is 1.73. The fourth-order valence-electron chi connectivity index (χ4n) is 0.899. The fourth-order valence-corrected chi connectivity index (χ4v) is 0.899. The van der Waals surface area contributed by atoms with Gasteiger partial charge in [0.15, 0.2) is 0 Å². The fraction of sp³-hybridized carbons (Fsp3) is 0.600. The second-order valence-electron chi connectivity index (χ2n) is 2.40. The molecule has 0 spiro atoms. The Hall–Kier alpha value is -0.520. The van der Waals surface area contributed by atoms with Gasteiger partial charge >= 0.3 is 0 Å². The summed E-state index contributed by atoms with van der Waals surface area (Å²) in [5.41, 5.74) is 3.00. The minimum atomic E-state index is 1.24. The molecule has 0 aromatic heterocycles. The molecule has 0 nitrogen and oxygen atoms in total. The summed E-state index contributed by atoms with van der Waals surface area (Å²) < 4.78 is 0. The first-order valence-corrected chi connectivity index (χ1v) is 4.13. The van der Waals surface area contributed by atoms with Crippen molar-refractivity contribution in [2.45, 2.75) is 40.5 Å². The molecule has 0 bridgehead atoms. The van der Waals surface area contributed by atoms with Crippen LogP contribution >= 0.6 is 0 Å². The summed E-state index contributed by atoms with van der Waals surface area (Å²) in [5.74, 6) is 0. The number of allylic oxidation sites excluding steroid dienone is 4. The summed E-state index contributed by atoms with van der Waals surface area (Å²) in [6.45, 7) is 8.38. The highest BCUT2D eigenvalue weighted by atomic mass is 14.0. The van der Waals surface area contributed by atoms with Crippen molar-refractivity contribution in [2.75, 3.05) is 0 Å². The van der Waals surface area contributed by atoms with Gasteiger partial charge in [0.1, 0.15) is 0 Å². The van der Waals surface area contributed by atoms with E-state index in [-0.39, 0.29) is 0 Å². The molecule has 0 saturated heterocycles. The first-order valence-electron chi connectivity index (χ1n) is 4.13. The molecular formula is C10H18. The van der Waals surface area contributed by atoms with Crippen molar-refractivity contribution in [3.63, 3.8) is 0 Å². The van der Waals surface area contributed by atoms with Gasteiger partial charge in [0.05, 0.1) is 0 Å². The Balaban J connectivity index is 0.000000371. The van der Waals surface area contributed by atoms with Crippen molar-refractivity contribution in [1.29, 1.82) is 0 Å². The highest BCUT2D eigenvalue weighted by Gasteiger charge is 1.96. The molecule has 0 N–H and O–H groups in total. The van der Waals surface area contributed by atoms with Crippen LogP contribution in [0, 0.1) is 0 Å². The molecule has 1 rings (SSSR count). The molecule has 0 fully saturated rings. The third kappa shape index (κ3) is 2.86. The first-order chi connectivity index (χ1) is 4.80. The van der Waals surface area contributed by atoms with E-state index in [0.29, 0.717) is 0 Å². The molecule has 0 aromatic rings. The van der Waals surface area contributed by atoms with Crippen LogP contribution in [-0.4, -0.2) is 0 Å². The van der Waals surface area contributed by atoms with Crippen LogP contribution in [0.1, 0.15) is 40.5 Å². The molecular weight excluding hydrogens is 120 g/mol. The van der Waals surface area contributed by atoms with Gasteiger partial charge in [-0.3, -0.25) is 0 Å². The molecule has 0 heteroatoms.